The molecule has 0 spiro atoms. The van der Waals surface area contributed by atoms with Crippen LogP contribution in [0.1, 0.15) is 35.2 Å². The van der Waals surface area contributed by atoms with Gasteiger partial charge in [0.05, 0.1) is 6.54 Å². The molecule has 0 saturated carbocycles. The Bertz CT molecular complexity index is 508. The first-order chi connectivity index (χ1) is 9.58. The molecule has 1 saturated heterocycles. The number of benzene rings is 1. The van der Waals surface area contributed by atoms with E-state index in [1.165, 1.54) is 6.42 Å². The molecule has 1 aliphatic rings. The lowest BCUT2D eigenvalue weighted by Crippen LogP contribution is -2.42. The number of hydrogen-bond acceptors (Lipinski definition) is 3. The van der Waals surface area contributed by atoms with Crippen molar-refractivity contribution in [2.24, 2.45) is 0 Å². The van der Waals surface area contributed by atoms with Gasteiger partial charge in [-0.25, -0.2) is 0 Å². The lowest BCUT2D eigenvalue weighted by atomic mass is 10.1. The number of carbonyl (C=O) groups excluding carboxylic acids is 2. The van der Waals surface area contributed by atoms with Crippen LogP contribution in [0.5, 0.6) is 0 Å². The number of likely N-dealkylation sites (tertiary alicyclic amines) is 1. The summed E-state index contributed by atoms with van der Waals surface area (Å²) in [6.45, 7) is 3.51. The molecule has 1 heterocycles. The topological polar surface area (TPSA) is 75.4 Å². The van der Waals surface area contributed by atoms with Crippen LogP contribution in [0.2, 0.25) is 0 Å². The highest BCUT2D eigenvalue weighted by molar-refractivity contribution is 5.97. The molecule has 2 rings (SSSR count). The third kappa shape index (κ3) is 3.50. The molecule has 0 aromatic heterocycles. The zero-order valence-electron chi connectivity index (χ0n) is 11.8. The predicted octanol–water partition coefficient (Wildman–Crippen LogP) is 1.32. The molecule has 1 aliphatic heterocycles. The molecule has 20 heavy (non-hydrogen) atoms. The van der Waals surface area contributed by atoms with E-state index in [9.17, 15) is 9.59 Å². The molecule has 0 atom stereocenters. The van der Waals surface area contributed by atoms with E-state index in [0.717, 1.165) is 31.5 Å². The van der Waals surface area contributed by atoms with Crippen LogP contribution in [0.25, 0.3) is 0 Å². The predicted molar refractivity (Wildman–Crippen MR) is 78.4 cm³/mol. The first kappa shape index (κ1) is 14.4. The van der Waals surface area contributed by atoms with E-state index in [0.29, 0.717) is 11.3 Å². The maximum atomic E-state index is 12.0. The van der Waals surface area contributed by atoms with E-state index in [1.54, 1.807) is 18.2 Å². The second kappa shape index (κ2) is 6.41. The zero-order valence-corrected chi connectivity index (χ0v) is 11.8. The molecule has 1 fully saturated rings. The van der Waals surface area contributed by atoms with E-state index in [4.69, 9.17) is 5.73 Å². The third-order valence-electron chi connectivity index (χ3n) is 3.64. The molecular formula is C15H21N3O2. The molecule has 108 valence electrons. The van der Waals surface area contributed by atoms with Crippen molar-refractivity contribution >= 4 is 17.5 Å². The van der Waals surface area contributed by atoms with Crippen LogP contribution in [0.4, 0.5) is 5.69 Å². The van der Waals surface area contributed by atoms with Crippen LogP contribution >= 0.6 is 0 Å². The fraction of sp³-hybridized carbons (Fsp3) is 0.467. The van der Waals surface area contributed by atoms with Gasteiger partial charge >= 0.3 is 0 Å². The van der Waals surface area contributed by atoms with Crippen LogP contribution in [-0.4, -0.2) is 36.3 Å². The Labute approximate surface area is 119 Å². The number of rotatable bonds is 3. The standard InChI is InChI=1S/C15H21N3O2/c1-11-9-12(5-6-13(11)16)15(20)17-10-14(19)18-7-3-2-4-8-18/h5-6,9H,2-4,7-8,10,16H2,1H3,(H,17,20). The Morgan fingerprint density at radius 3 is 2.60 bits per heavy atom. The molecule has 0 bridgehead atoms. The second-order valence-electron chi connectivity index (χ2n) is 5.20. The molecule has 0 unspecified atom stereocenters. The lowest BCUT2D eigenvalue weighted by molar-refractivity contribution is -0.130. The van der Waals surface area contributed by atoms with Crippen LogP contribution < -0.4 is 11.1 Å². The Morgan fingerprint density at radius 2 is 1.95 bits per heavy atom. The number of nitrogens with one attached hydrogen (secondary N) is 1. The van der Waals surface area contributed by atoms with E-state index < -0.39 is 0 Å². The van der Waals surface area contributed by atoms with Gasteiger partial charge in [0.2, 0.25) is 5.91 Å². The fourth-order valence-corrected chi connectivity index (χ4v) is 2.33. The monoisotopic (exact) mass is 275 g/mol. The first-order valence-corrected chi connectivity index (χ1v) is 7.00. The Balaban J connectivity index is 1.88. The summed E-state index contributed by atoms with van der Waals surface area (Å²) in [4.78, 5) is 25.7. The van der Waals surface area contributed by atoms with Gasteiger partial charge in [0.15, 0.2) is 0 Å². The highest BCUT2D eigenvalue weighted by Crippen LogP contribution is 2.12. The maximum Gasteiger partial charge on any atom is 0.251 e. The second-order valence-corrected chi connectivity index (χ2v) is 5.20. The molecule has 2 amide bonds. The third-order valence-corrected chi connectivity index (χ3v) is 3.64. The van der Waals surface area contributed by atoms with Crippen molar-refractivity contribution in [2.45, 2.75) is 26.2 Å². The quantitative estimate of drug-likeness (QED) is 0.817. The molecular weight excluding hydrogens is 254 g/mol. The van der Waals surface area contributed by atoms with Crippen LogP contribution in [0.15, 0.2) is 18.2 Å². The summed E-state index contributed by atoms with van der Waals surface area (Å²) in [6.07, 6.45) is 3.29. The van der Waals surface area contributed by atoms with Crippen molar-refractivity contribution in [3.05, 3.63) is 29.3 Å². The van der Waals surface area contributed by atoms with E-state index >= 15 is 0 Å². The van der Waals surface area contributed by atoms with Gasteiger partial charge < -0.3 is 16.0 Å². The van der Waals surface area contributed by atoms with E-state index in [2.05, 4.69) is 5.32 Å². The van der Waals surface area contributed by atoms with Gasteiger partial charge in [0.25, 0.3) is 5.91 Å². The zero-order chi connectivity index (χ0) is 14.5. The summed E-state index contributed by atoms with van der Waals surface area (Å²) in [7, 11) is 0. The minimum absolute atomic E-state index is 0.00906. The number of nitrogens with two attached hydrogens (primary N) is 1. The lowest BCUT2D eigenvalue weighted by Gasteiger charge is -2.26. The maximum absolute atomic E-state index is 12.0. The number of nitrogen functional groups attached to an aromatic ring is 1. The summed E-state index contributed by atoms with van der Waals surface area (Å²) >= 11 is 0. The van der Waals surface area contributed by atoms with E-state index in [-0.39, 0.29) is 18.4 Å². The Morgan fingerprint density at radius 1 is 1.25 bits per heavy atom. The van der Waals surface area contributed by atoms with Gasteiger partial charge in [-0.2, -0.15) is 0 Å². The normalized spacial score (nSPS) is 14.9. The minimum Gasteiger partial charge on any atom is -0.399 e. The average molecular weight is 275 g/mol. The van der Waals surface area contributed by atoms with Crippen molar-refractivity contribution in [1.29, 1.82) is 0 Å². The van der Waals surface area contributed by atoms with E-state index in [1.807, 2.05) is 11.8 Å². The molecule has 5 heteroatoms. The molecule has 5 nitrogen and oxygen atoms in total. The van der Waals surface area contributed by atoms with Crippen molar-refractivity contribution in [2.75, 3.05) is 25.4 Å². The van der Waals surface area contributed by atoms with Crippen LogP contribution in [0, 0.1) is 6.92 Å². The summed E-state index contributed by atoms with van der Waals surface area (Å²) in [5.74, 6) is -0.247. The summed E-state index contributed by atoms with van der Waals surface area (Å²) in [5, 5.41) is 2.67. The summed E-state index contributed by atoms with van der Waals surface area (Å²) in [6, 6.07) is 5.11. The molecule has 1 aromatic carbocycles. The van der Waals surface area contributed by atoms with Crippen molar-refractivity contribution in [3.63, 3.8) is 0 Å². The number of carbonyl (C=O) groups is 2. The average Bonchev–Trinajstić information content (AvgIpc) is 2.48. The smallest absolute Gasteiger partial charge is 0.251 e. The van der Waals surface area contributed by atoms with Gasteiger partial charge in [-0.3, -0.25) is 9.59 Å². The fourth-order valence-electron chi connectivity index (χ4n) is 2.33. The number of anilines is 1. The number of amides is 2. The van der Waals surface area contributed by atoms with Crippen molar-refractivity contribution < 1.29 is 9.59 Å². The molecule has 3 N–H and O–H groups in total. The summed E-state index contributed by atoms with van der Waals surface area (Å²) in [5.41, 5.74) is 7.77. The largest absolute Gasteiger partial charge is 0.399 e. The molecule has 1 aromatic rings. The Kier molecular flexibility index (Phi) is 4.61. The first-order valence-electron chi connectivity index (χ1n) is 7.00. The van der Waals surface area contributed by atoms with Gasteiger partial charge in [0.1, 0.15) is 0 Å². The number of piperidine rings is 1. The number of hydrogen-bond donors (Lipinski definition) is 2. The van der Waals surface area contributed by atoms with Crippen LogP contribution in [0.3, 0.4) is 0 Å². The van der Waals surface area contributed by atoms with Crippen LogP contribution in [-0.2, 0) is 4.79 Å². The summed E-state index contributed by atoms with van der Waals surface area (Å²) < 4.78 is 0. The highest BCUT2D eigenvalue weighted by atomic mass is 16.2. The van der Waals surface area contributed by atoms with Crippen molar-refractivity contribution in [1.82, 2.24) is 10.2 Å². The van der Waals surface area contributed by atoms with Gasteiger partial charge in [-0.1, -0.05) is 0 Å². The molecule has 0 aliphatic carbocycles. The number of aryl methyl sites for hydroxylation is 1. The van der Waals surface area contributed by atoms with Crippen molar-refractivity contribution in [3.8, 4) is 0 Å². The minimum atomic E-state index is -0.238. The van der Waals surface area contributed by atoms with Gasteiger partial charge in [0, 0.05) is 24.3 Å². The van der Waals surface area contributed by atoms with Gasteiger partial charge in [-0.15, -0.1) is 0 Å². The Hall–Kier alpha value is -2.04. The van der Waals surface area contributed by atoms with Gasteiger partial charge in [-0.05, 0) is 49.9 Å². The highest BCUT2D eigenvalue weighted by Gasteiger charge is 2.17. The molecule has 0 radical (unpaired) electrons. The SMILES string of the molecule is Cc1cc(C(=O)NCC(=O)N2CCCCC2)ccc1N. The number of nitrogens with zero attached hydrogens (tertiary/aromatic N) is 1.